The van der Waals surface area contributed by atoms with Crippen LogP contribution in [0.3, 0.4) is 0 Å². The maximum Gasteiger partial charge on any atom is 0.315 e. The fourth-order valence-electron chi connectivity index (χ4n) is 2.64. The van der Waals surface area contributed by atoms with Crippen molar-refractivity contribution in [1.29, 1.82) is 0 Å². The molecule has 0 N–H and O–H groups in total. The minimum absolute atomic E-state index is 0.199. The van der Waals surface area contributed by atoms with Gasteiger partial charge in [-0.1, -0.05) is 12.1 Å². The Bertz CT molecular complexity index is 668. The highest BCUT2D eigenvalue weighted by atomic mass is 32.1. The third-order valence-electron chi connectivity index (χ3n) is 3.60. The average molecular weight is 305 g/mol. The molecule has 2 aromatic rings. The predicted molar refractivity (Wildman–Crippen MR) is 79.8 cm³/mol. The quantitative estimate of drug-likeness (QED) is 0.807. The van der Waals surface area contributed by atoms with Gasteiger partial charge >= 0.3 is 5.97 Å². The highest BCUT2D eigenvalue weighted by Crippen LogP contribution is 2.38. The van der Waals surface area contributed by atoms with E-state index >= 15 is 0 Å². The van der Waals surface area contributed by atoms with Gasteiger partial charge in [-0.3, -0.25) is 4.79 Å². The lowest BCUT2D eigenvalue weighted by Gasteiger charge is -2.19. The van der Waals surface area contributed by atoms with E-state index in [1.165, 1.54) is 12.1 Å². The first-order valence-electron chi connectivity index (χ1n) is 7.11. The van der Waals surface area contributed by atoms with Crippen molar-refractivity contribution in [3.63, 3.8) is 0 Å². The van der Waals surface area contributed by atoms with Crippen molar-refractivity contribution in [3.8, 4) is 10.6 Å². The minimum atomic E-state index is -0.275. The molecular weight excluding hydrogens is 289 g/mol. The number of hydrogen-bond acceptors (Lipinski definition) is 4. The summed E-state index contributed by atoms with van der Waals surface area (Å²) in [5, 5.41) is 0.774. The summed E-state index contributed by atoms with van der Waals surface area (Å²) in [7, 11) is 0. The number of ether oxygens (including phenoxy) is 1. The molecule has 3 rings (SSSR count). The monoisotopic (exact) mass is 305 g/mol. The summed E-state index contributed by atoms with van der Waals surface area (Å²) in [5.74, 6) is -0.746. The van der Waals surface area contributed by atoms with Crippen LogP contribution >= 0.6 is 11.3 Å². The average Bonchev–Trinajstić information content (AvgIpc) is 2.91. The van der Waals surface area contributed by atoms with Gasteiger partial charge in [-0.15, -0.1) is 11.3 Å². The van der Waals surface area contributed by atoms with Crippen molar-refractivity contribution in [2.75, 3.05) is 6.61 Å². The zero-order chi connectivity index (χ0) is 14.8. The minimum Gasteiger partial charge on any atom is -0.465 e. The molecule has 0 amide bonds. The molecule has 21 heavy (non-hydrogen) atoms. The van der Waals surface area contributed by atoms with Crippen molar-refractivity contribution in [1.82, 2.24) is 4.98 Å². The Morgan fingerprint density at radius 2 is 2.38 bits per heavy atom. The van der Waals surface area contributed by atoms with Crippen molar-refractivity contribution in [3.05, 3.63) is 40.7 Å². The number of carbonyl (C=O) groups excluding carboxylic acids is 1. The Labute approximate surface area is 126 Å². The van der Waals surface area contributed by atoms with Crippen molar-refractivity contribution in [2.24, 2.45) is 0 Å². The Morgan fingerprint density at radius 3 is 3.14 bits per heavy atom. The summed E-state index contributed by atoms with van der Waals surface area (Å²) >= 11 is 1.55. The Balaban J connectivity index is 1.96. The first kappa shape index (κ1) is 14.2. The highest BCUT2D eigenvalue weighted by molar-refractivity contribution is 7.15. The number of nitrogens with zero attached hydrogens (tertiary/aromatic N) is 1. The van der Waals surface area contributed by atoms with Gasteiger partial charge in [-0.25, -0.2) is 9.37 Å². The summed E-state index contributed by atoms with van der Waals surface area (Å²) in [5.41, 5.74) is 1.58. The van der Waals surface area contributed by atoms with E-state index in [4.69, 9.17) is 4.74 Å². The maximum absolute atomic E-state index is 13.3. The van der Waals surface area contributed by atoms with Crippen LogP contribution in [-0.2, 0) is 16.0 Å². The molecule has 0 saturated carbocycles. The van der Waals surface area contributed by atoms with Crippen molar-refractivity contribution >= 4 is 17.3 Å². The molecule has 1 unspecified atom stereocenters. The van der Waals surface area contributed by atoms with Gasteiger partial charge in [0.05, 0.1) is 12.3 Å². The van der Waals surface area contributed by atoms with E-state index in [2.05, 4.69) is 4.98 Å². The molecule has 1 heterocycles. The predicted octanol–water partition coefficient (Wildman–Crippen LogP) is 3.93. The van der Waals surface area contributed by atoms with Crippen molar-refractivity contribution in [2.45, 2.75) is 32.1 Å². The lowest BCUT2D eigenvalue weighted by Crippen LogP contribution is -2.20. The molecule has 1 aromatic heterocycles. The van der Waals surface area contributed by atoms with Crippen LogP contribution in [0.2, 0.25) is 0 Å². The van der Waals surface area contributed by atoms with Gasteiger partial charge in [0.1, 0.15) is 16.7 Å². The summed E-state index contributed by atoms with van der Waals surface area (Å²) in [4.78, 5) is 17.8. The van der Waals surface area contributed by atoms with Gasteiger partial charge in [0.25, 0.3) is 0 Å². The van der Waals surface area contributed by atoms with E-state index in [1.807, 2.05) is 6.07 Å². The number of benzene rings is 1. The van der Waals surface area contributed by atoms with Crippen LogP contribution < -0.4 is 0 Å². The second-order valence-electron chi connectivity index (χ2n) is 5.03. The second-order valence-corrected chi connectivity index (χ2v) is 6.12. The number of fused-ring (bicyclic) bond motifs is 1. The largest absolute Gasteiger partial charge is 0.465 e. The number of aryl methyl sites for hydroxylation is 1. The smallest absolute Gasteiger partial charge is 0.315 e. The van der Waals surface area contributed by atoms with Gasteiger partial charge in [0.15, 0.2) is 0 Å². The number of rotatable bonds is 3. The maximum atomic E-state index is 13.3. The van der Waals surface area contributed by atoms with Gasteiger partial charge in [-0.05, 0) is 38.3 Å². The van der Waals surface area contributed by atoms with Gasteiger partial charge in [-0.2, -0.15) is 0 Å². The molecule has 3 nitrogen and oxygen atoms in total. The number of thiazole rings is 1. The Kier molecular flexibility index (Phi) is 4.01. The highest BCUT2D eigenvalue weighted by Gasteiger charge is 2.31. The summed E-state index contributed by atoms with van der Waals surface area (Å²) in [6, 6.07) is 6.41. The molecule has 0 saturated heterocycles. The fraction of sp³-hybridized carbons (Fsp3) is 0.375. The molecular formula is C16H16FNO2S. The third-order valence-corrected chi connectivity index (χ3v) is 4.78. The summed E-state index contributed by atoms with van der Waals surface area (Å²) in [6.07, 6.45) is 2.66. The van der Waals surface area contributed by atoms with Gasteiger partial charge < -0.3 is 4.74 Å². The molecule has 110 valence electrons. The lowest BCUT2D eigenvalue weighted by molar-refractivity contribution is -0.145. The zero-order valence-electron chi connectivity index (χ0n) is 11.8. The lowest BCUT2D eigenvalue weighted by atomic mass is 9.91. The summed E-state index contributed by atoms with van der Waals surface area (Å²) < 4.78 is 18.5. The molecule has 0 fully saturated rings. The van der Waals surface area contributed by atoms with Crippen LogP contribution in [0.25, 0.3) is 10.6 Å². The second kappa shape index (κ2) is 5.93. The van der Waals surface area contributed by atoms with E-state index in [0.717, 1.165) is 40.4 Å². The van der Waals surface area contributed by atoms with Crippen molar-refractivity contribution < 1.29 is 13.9 Å². The number of aromatic nitrogens is 1. The topological polar surface area (TPSA) is 39.2 Å². The molecule has 1 aliphatic carbocycles. The fourth-order valence-corrected chi connectivity index (χ4v) is 3.80. The van der Waals surface area contributed by atoms with E-state index in [1.54, 1.807) is 24.3 Å². The van der Waals surface area contributed by atoms with Crippen LogP contribution in [0.4, 0.5) is 4.39 Å². The van der Waals surface area contributed by atoms with Crippen LogP contribution in [0, 0.1) is 5.82 Å². The van der Waals surface area contributed by atoms with Crippen LogP contribution in [0.1, 0.15) is 36.3 Å². The molecule has 5 heteroatoms. The first-order valence-corrected chi connectivity index (χ1v) is 7.93. The van der Waals surface area contributed by atoms with E-state index in [0.29, 0.717) is 6.61 Å². The Morgan fingerprint density at radius 1 is 1.52 bits per heavy atom. The molecule has 0 spiro atoms. The van der Waals surface area contributed by atoms with Gasteiger partial charge in [0.2, 0.25) is 0 Å². The van der Waals surface area contributed by atoms with Crippen LogP contribution in [-0.4, -0.2) is 17.6 Å². The number of carbonyl (C=O) groups is 1. The number of halogens is 1. The van der Waals surface area contributed by atoms with E-state index in [-0.39, 0.29) is 17.7 Å². The number of esters is 1. The normalized spacial score (nSPS) is 17.3. The Hall–Kier alpha value is -1.75. The van der Waals surface area contributed by atoms with E-state index in [9.17, 15) is 9.18 Å². The molecule has 0 bridgehead atoms. The third kappa shape index (κ3) is 2.83. The van der Waals surface area contributed by atoms with Gasteiger partial charge in [0, 0.05) is 10.4 Å². The SMILES string of the molecule is CCOC(=O)C1CCCc2sc(-c3cccc(F)c3)nc21. The molecule has 0 aliphatic heterocycles. The molecule has 0 radical (unpaired) electrons. The molecule has 1 aromatic carbocycles. The number of hydrogen-bond donors (Lipinski definition) is 0. The first-order chi connectivity index (χ1) is 10.2. The van der Waals surface area contributed by atoms with Crippen LogP contribution in [0.15, 0.2) is 24.3 Å². The van der Waals surface area contributed by atoms with E-state index < -0.39 is 0 Å². The zero-order valence-corrected chi connectivity index (χ0v) is 12.6. The molecule has 1 aliphatic rings. The molecule has 1 atom stereocenters. The van der Waals surface area contributed by atoms with Crippen LogP contribution in [0.5, 0.6) is 0 Å². The summed E-state index contributed by atoms with van der Waals surface area (Å²) in [6.45, 7) is 2.19. The standard InChI is InChI=1S/C16H16FNO2S/c1-2-20-16(19)12-7-4-8-13-14(12)18-15(21-13)10-5-3-6-11(17)9-10/h3,5-6,9,12H,2,4,7-8H2,1H3.